The number of benzene rings is 1. The van der Waals surface area contributed by atoms with Crippen molar-refractivity contribution in [1.82, 2.24) is 5.32 Å². The van der Waals surface area contributed by atoms with E-state index in [4.69, 9.17) is 5.11 Å². The third kappa shape index (κ3) is 5.86. The fourth-order valence-electron chi connectivity index (χ4n) is 1.62. The largest absolute Gasteiger partial charge is 0.573 e. The highest BCUT2D eigenvalue weighted by molar-refractivity contribution is 5.96. The second-order valence-corrected chi connectivity index (χ2v) is 4.31. The Morgan fingerprint density at radius 3 is 2.64 bits per heavy atom. The third-order valence-corrected chi connectivity index (χ3v) is 2.59. The zero-order valence-corrected chi connectivity index (χ0v) is 11.4. The first-order valence-corrected chi connectivity index (χ1v) is 6.23. The Morgan fingerprint density at radius 2 is 2.09 bits per heavy atom. The predicted molar refractivity (Wildman–Crippen MR) is 71.4 cm³/mol. The van der Waals surface area contributed by atoms with Crippen LogP contribution in [0.1, 0.15) is 23.2 Å². The van der Waals surface area contributed by atoms with Crippen LogP contribution in [0.15, 0.2) is 36.9 Å². The maximum atomic E-state index is 12.1. The monoisotopic (exact) mass is 317 g/mol. The van der Waals surface area contributed by atoms with Crippen LogP contribution < -0.4 is 10.1 Å². The summed E-state index contributed by atoms with van der Waals surface area (Å²) in [5, 5.41) is 11.2. The highest BCUT2D eigenvalue weighted by Crippen LogP contribution is 2.23. The molecule has 0 aliphatic rings. The van der Waals surface area contributed by atoms with Gasteiger partial charge in [-0.25, -0.2) is 4.79 Å². The molecule has 5 nitrogen and oxygen atoms in total. The molecule has 2 N–H and O–H groups in total. The van der Waals surface area contributed by atoms with Crippen LogP contribution in [0.2, 0.25) is 0 Å². The molecule has 0 heterocycles. The lowest BCUT2D eigenvalue weighted by molar-refractivity contribution is -0.274. The molecule has 0 aliphatic carbocycles. The van der Waals surface area contributed by atoms with Gasteiger partial charge in [-0.1, -0.05) is 12.1 Å². The van der Waals surface area contributed by atoms with Crippen LogP contribution >= 0.6 is 0 Å². The van der Waals surface area contributed by atoms with Gasteiger partial charge in [0.1, 0.15) is 11.8 Å². The Kier molecular flexibility index (Phi) is 5.97. The second-order valence-electron chi connectivity index (χ2n) is 4.31. The molecule has 120 valence electrons. The first-order chi connectivity index (χ1) is 10.2. The van der Waals surface area contributed by atoms with Gasteiger partial charge < -0.3 is 15.2 Å². The van der Waals surface area contributed by atoms with Crippen molar-refractivity contribution in [3.05, 3.63) is 42.5 Å². The maximum Gasteiger partial charge on any atom is 0.573 e. The summed E-state index contributed by atoms with van der Waals surface area (Å²) in [6.45, 7) is 3.45. The SMILES string of the molecule is C=CCCC(NC(=O)c1cccc(OC(F)(F)F)c1)C(=O)O. The topological polar surface area (TPSA) is 75.6 Å². The standard InChI is InChI=1S/C14H14F3NO4/c1-2-3-7-11(13(20)21)18-12(19)9-5-4-6-10(8-9)22-14(15,16)17/h2,4-6,8,11H,1,3,7H2,(H,18,19)(H,20,21). The predicted octanol–water partition coefficient (Wildman–Crippen LogP) is 2.73. The van der Waals surface area contributed by atoms with E-state index >= 15 is 0 Å². The van der Waals surface area contributed by atoms with Crippen molar-refractivity contribution in [2.24, 2.45) is 0 Å². The number of hydrogen-bond acceptors (Lipinski definition) is 3. The van der Waals surface area contributed by atoms with Crippen LogP contribution in [0.25, 0.3) is 0 Å². The van der Waals surface area contributed by atoms with Crippen molar-refractivity contribution < 1.29 is 32.6 Å². The van der Waals surface area contributed by atoms with E-state index in [0.717, 1.165) is 12.1 Å². The van der Waals surface area contributed by atoms with Gasteiger partial charge >= 0.3 is 12.3 Å². The molecule has 0 bridgehead atoms. The number of halogens is 3. The Balaban J connectivity index is 2.81. The molecule has 1 unspecified atom stereocenters. The summed E-state index contributed by atoms with van der Waals surface area (Å²) in [5.41, 5.74) is -0.133. The average molecular weight is 317 g/mol. The number of amides is 1. The van der Waals surface area contributed by atoms with Gasteiger partial charge in [0.15, 0.2) is 0 Å². The fourth-order valence-corrected chi connectivity index (χ4v) is 1.62. The van der Waals surface area contributed by atoms with E-state index in [1.54, 1.807) is 0 Å². The number of carbonyl (C=O) groups excluding carboxylic acids is 1. The van der Waals surface area contributed by atoms with E-state index in [9.17, 15) is 22.8 Å². The Bertz CT molecular complexity index is 557. The minimum absolute atomic E-state index is 0.128. The quantitative estimate of drug-likeness (QED) is 0.758. The zero-order chi connectivity index (χ0) is 16.8. The van der Waals surface area contributed by atoms with Crippen molar-refractivity contribution in [2.45, 2.75) is 25.2 Å². The molecule has 0 aliphatic heterocycles. The molecule has 1 aromatic carbocycles. The summed E-state index contributed by atoms with van der Waals surface area (Å²) in [6, 6.07) is 3.23. The summed E-state index contributed by atoms with van der Waals surface area (Å²) < 4.78 is 40.1. The van der Waals surface area contributed by atoms with E-state index in [0.29, 0.717) is 6.42 Å². The molecule has 1 atom stereocenters. The lowest BCUT2D eigenvalue weighted by atomic mass is 10.1. The molecular weight excluding hydrogens is 303 g/mol. The van der Waals surface area contributed by atoms with Crippen LogP contribution in [0.4, 0.5) is 13.2 Å². The zero-order valence-electron chi connectivity index (χ0n) is 11.4. The summed E-state index contributed by atoms with van der Waals surface area (Å²) in [5.74, 6) is -2.60. The highest BCUT2D eigenvalue weighted by Gasteiger charge is 2.31. The number of carboxylic acid groups (broad SMARTS) is 1. The summed E-state index contributed by atoms with van der Waals surface area (Å²) in [6.07, 6.45) is -2.87. The van der Waals surface area contributed by atoms with Gasteiger partial charge in [0, 0.05) is 5.56 Å². The number of alkyl halides is 3. The fraction of sp³-hybridized carbons (Fsp3) is 0.286. The molecule has 0 radical (unpaired) electrons. The first-order valence-electron chi connectivity index (χ1n) is 6.23. The Hall–Kier alpha value is -2.51. The van der Waals surface area contributed by atoms with Crippen LogP contribution in [-0.2, 0) is 4.79 Å². The van der Waals surface area contributed by atoms with Gasteiger partial charge in [-0.2, -0.15) is 0 Å². The number of allylic oxidation sites excluding steroid dienone is 1. The lowest BCUT2D eigenvalue weighted by Gasteiger charge is -2.14. The summed E-state index contributed by atoms with van der Waals surface area (Å²) >= 11 is 0. The van der Waals surface area contributed by atoms with Crippen molar-refractivity contribution in [1.29, 1.82) is 0 Å². The number of aliphatic carboxylic acids is 1. The molecule has 0 saturated heterocycles. The lowest BCUT2D eigenvalue weighted by Crippen LogP contribution is -2.40. The van der Waals surface area contributed by atoms with Gasteiger partial charge in [-0.3, -0.25) is 4.79 Å². The second kappa shape index (κ2) is 7.48. The van der Waals surface area contributed by atoms with Crippen molar-refractivity contribution in [3.8, 4) is 5.75 Å². The minimum Gasteiger partial charge on any atom is -0.480 e. The van der Waals surface area contributed by atoms with Crippen molar-refractivity contribution in [2.75, 3.05) is 0 Å². The number of carbonyl (C=O) groups is 2. The van der Waals surface area contributed by atoms with E-state index in [1.165, 1.54) is 18.2 Å². The van der Waals surface area contributed by atoms with Gasteiger partial charge in [0.05, 0.1) is 0 Å². The minimum atomic E-state index is -4.87. The van der Waals surface area contributed by atoms with Gasteiger partial charge in [0.2, 0.25) is 0 Å². The summed E-state index contributed by atoms with van der Waals surface area (Å²) in [7, 11) is 0. The molecule has 0 fully saturated rings. The van der Waals surface area contributed by atoms with Gasteiger partial charge in [-0.05, 0) is 31.0 Å². The van der Waals surface area contributed by atoms with Crippen molar-refractivity contribution in [3.63, 3.8) is 0 Å². The molecule has 8 heteroatoms. The molecule has 0 saturated carbocycles. The number of carboxylic acids is 1. The van der Waals surface area contributed by atoms with Crippen molar-refractivity contribution >= 4 is 11.9 Å². The normalized spacial score (nSPS) is 12.3. The van der Waals surface area contributed by atoms with Crippen LogP contribution in [0.3, 0.4) is 0 Å². The third-order valence-electron chi connectivity index (χ3n) is 2.59. The molecule has 22 heavy (non-hydrogen) atoms. The smallest absolute Gasteiger partial charge is 0.480 e. The number of ether oxygens (including phenoxy) is 1. The highest BCUT2D eigenvalue weighted by atomic mass is 19.4. The molecule has 0 spiro atoms. The first kappa shape index (κ1) is 17.5. The molecule has 1 aromatic rings. The Labute approximate surface area is 124 Å². The van der Waals surface area contributed by atoms with E-state index in [-0.39, 0.29) is 12.0 Å². The number of nitrogens with one attached hydrogen (secondary N) is 1. The van der Waals surface area contributed by atoms with Crippen LogP contribution in [0, 0.1) is 0 Å². The molecule has 1 rings (SSSR count). The van der Waals surface area contributed by atoms with Gasteiger partial charge in [0.25, 0.3) is 5.91 Å². The van der Waals surface area contributed by atoms with E-state index < -0.39 is 30.0 Å². The molecule has 0 aromatic heterocycles. The summed E-state index contributed by atoms with van der Waals surface area (Å²) in [4.78, 5) is 22.9. The molecule has 1 amide bonds. The van der Waals surface area contributed by atoms with E-state index in [2.05, 4.69) is 16.6 Å². The van der Waals surface area contributed by atoms with Crippen LogP contribution in [-0.4, -0.2) is 29.4 Å². The average Bonchev–Trinajstić information content (AvgIpc) is 2.41. The number of rotatable bonds is 7. The van der Waals surface area contributed by atoms with E-state index in [1.807, 2.05) is 0 Å². The number of hydrogen-bond donors (Lipinski definition) is 2. The maximum absolute atomic E-state index is 12.1. The Morgan fingerprint density at radius 1 is 1.41 bits per heavy atom. The van der Waals surface area contributed by atoms with Crippen LogP contribution in [0.5, 0.6) is 5.75 Å². The molecular formula is C14H14F3NO4. The van der Waals surface area contributed by atoms with Gasteiger partial charge in [-0.15, -0.1) is 19.8 Å².